The van der Waals surface area contributed by atoms with Crippen LogP contribution < -0.4 is 5.32 Å². The minimum Gasteiger partial charge on any atom is -0.444 e. The van der Waals surface area contributed by atoms with Crippen molar-refractivity contribution in [3.63, 3.8) is 0 Å². The van der Waals surface area contributed by atoms with E-state index in [1.54, 1.807) is 20.8 Å². The van der Waals surface area contributed by atoms with Crippen LogP contribution in [-0.2, 0) is 59.6 Å². The lowest BCUT2D eigenvalue weighted by atomic mass is 9.97. The summed E-state index contributed by atoms with van der Waals surface area (Å²) in [6, 6.07) is 38.5. The van der Waals surface area contributed by atoms with Crippen molar-refractivity contribution in [1.29, 1.82) is 0 Å². The van der Waals surface area contributed by atoms with Crippen molar-refractivity contribution in [2.45, 2.75) is 95.7 Å². The van der Waals surface area contributed by atoms with Crippen molar-refractivity contribution in [3.8, 4) is 0 Å². The molecule has 1 fully saturated rings. The first kappa shape index (κ1) is 40.8. The number of rotatable bonds is 19. The predicted octanol–water partition coefficient (Wildman–Crippen LogP) is 7.14. The van der Waals surface area contributed by atoms with Crippen LogP contribution in [0.4, 0.5) is 4.79 Å². The van der Waals surface area contributed by atoms with Crippen molar-refractivity contribution in [1.82, 2.24) is 5.32 Å². The molecule has 0 aromatic heterocycles. The zero-order valence-corrected chi connectivity index (χ0v) is 31.3. The third kappa shape index (κ3) is 13.2. The third-order valence-corrected chi connectivity index (χ3v) is 8.64. The molecule has 1 amide bonds. The average molecular weight is 740 g/mol. The fourth-order valence-corrected chi connectivity index (χ4v) is 5.93. The minimum absolute atomic E-state index is 0.152. The van der Waals surface area contributed by atoms with E-state index >= 15 is 0 Å². The summed E-state index contributed by atoms with van der Waals surface area (Å²) in [5, 5.41) is 13.6. The minimum atomic E-state index is -1.15. The van der Waals surface area contributed by atoms with Gasteiger partial charge in [-0.2, -0.15) is 0 Å². The van der Waals surface area contributed by atoms with E-state index in [0.717, 1.165) is 22.3 Å². The normalized spacial score (nSPS) is 21.1. The number of hydrogen-bond acceptors (Lipinski definition) is 9. The molecule has 4 aromatic carbocycles. The molecule has 2 unspecified atom stereocenters. The maximum atomic E-state index is 12.8. The summed E-state index contributed by atoms with van der Waals surface area (Å²) in [6.45, 7) is 10.1. The highest BCUT2D eigenvalue weighted by molar-refractivity contribution is 5.68. The van der Waals surface area contributed by atoms with Gasteiger partial charge in [-0.15, -0.1) is 6.58 Å². The smallest absolute Gasteiger partial charge is 0.408 e. The van der Waals surface area contributed by atoms with E-state index in [1.165, 1.54) is 6.08 Å². The molecule has 0 bridgehead atoms. The molecular formula is C44H53NO9. The SMILES string of the molecule is C=C[C@@H](O)[C@H](CO[C@@H]1OC(COCc2ccccc2)[C@H](OCc2ccccc2)[C@H](OCc2ccccc2)C1OCc1ccccc1)NC(=O)OC(C)(C)C. The van der Waals surface area contributed by atoms with Crippen LogP contribution in [0.25, 0.3) is 0 Å². The van der Waals surface area contributed by atoms with Gasteiger partial charge in [-0.3, -0.25) is 0 Å². The van der Waals surface area contributed by atoms with Gasteiger partial charge in [0.1, 0.15) is 30.0 Å². The Morgan fingerprint density at radius 2 is 1.15 bits per heavy atom. The highest BCUT2D eigenvalue weighted by Crippen LogP contribution is 2.32. The van der Waals surface area contributed by atoms with Crippen LogP contribution in [0.15, 0.2) is 134 Å². The van der Waals surface area contributed by atoms with Gasteiger partial charge in [0, 0.05) is 0 Å². The van der Waals surface area contributed by atoms with Gasteiger partial charge in [0.2, 0.25) is 0 Å². The lowest BCUT2D eigenvalue weighted by Crippen LogP contribution is -2.62. The van der Waals surface area contributed by atoms with E-state index in [9.17, 15) is 9.90 Å². The van der Waals surface area contributed by atoms with Gasteiger partial charge in [-0.1, -0.05) is 127 Å². The molecule has 7 atom stereocenters. The topological polar surface area (TPSA) is 114 Å². The summed E-state index contributed by atoms with van der Waals surface area (Å²) in [7, 11) is 0. The Morgan fingerprint density at radius 1 is 0.704 bits per heavy atom. The van der Waals surface area contributed by atoms with E-state index < -0.39 is 54.5 Å². The molecule has 1 aliphatic heterocycles. The summed E-state index contributed by atoms with van der Waals surface area (Å²) in [4.78, 5) is 12.8. The van der Waals surface area contributed by atoms with Crippen LogP contribution in [0.1, 0.15) is 43.0 Å². The van der Waals surface area contributed by atoms with Crippen molar-refractivity contribution in [2.24, 2.45) is 0 Å². The summed E-state index contributed by atoms with van der Waals surface area (Å²) in [5.74, 6) is 0. The van der Waals surface area contributed by atoms with Gasteiger partial charge in [0.25, 0.3) is 0 Å². The monoisotopic (exact) mass is 739 g/mol. The Hall–Kier alpha value is -4.39. The summed E-state index contributed by atoms with van der Waals surface area (Å²) >= 11 is 0. The first-order valence-electron chi connectivity index (χ1n) is 18.3. The molecule has 0 spiro atoms. The second-order valence-corrected chi connectivity index (χ2v) is 14.1. The molecule has 1 aliphatic rings. The maximum Gasteiger partial charge on any atom is 0.408 e. The van der Waals surface area contributed by atoms with Crippen LogP contribution in [0.5, 0.6) is 0 Å². The van der Waals surface area contributed by atoms with Gasteiger partial charge in [-0.25, -0.2) is 4.79 Å². The molecule has 0 radical (unpaired) electrons. The molecule has 0 saturated carbocycles. The molecule has 288 valence electrons. The van der Waals surface area contributed by atoms with Gasteiger partial charge in [0.15, 0.2) is 6.29 Å². The number of alkyl carbamates (subject to hydrolysis) is 1. The molecule has 54 heavy (non-hydrogen) atoms. The number of aliphatic hydroxyl groups excluding tert-OH is 1. The van der Waals surface area contributed by atoms with E-state index in [0.29, 0.717) is 13.2 Å². The quantitative estimate of drug-likeness (QED) is 0.0970. The van der Waals surface area contributed by atoms with E-state index in [4.69, 9.17) is 33.2 Å². The van der Waals surface area contributed by atoms with Crippen LogP contribution >= 0.6 is 0 Å². The molecule has 0 aliphatic carbocycles. The van der Waals surface area contributed by atoms with Crippen molar-refractivity contribution in [3.05, 3.63) is 156 Å². The molecule has 4 aromatic rings. The lowest BCUT2D eigenvalue weighted by molar-refractivity contribution is -0.329. The number of ether oxygens (including phenoxy) is 7. The zero-order valence-electron chi connectivity index (χ0n) is 31.3. The van der Waals surface area contributed by atoms with Gasteiger partial charge >= 0.3 is 6.09 Å². The molecular weight excluding hydrogens is 686 g/mol. The summed E-state index contributed by atoms with van der Waals surface area (Å²) < 4.78 is 45.1. The number of nitrogens with one attached hydrogen (secondary N) is 1. The first-order valence-corrected chi connectivity index (χ1v) is 18.3. The Kier molecular flexibility index (Phi) is 15.8. The summed E-state index contributed by atoms with van der Waals surface area (Å²) in [5.41, 5.74) is 3.16. The Labute approximate surface area is 319 Å². The van der Waals surface area contributed by atoms with Crippen molar-refractivity contribution in [2.75, 3.05) is 13.2 Å². The van der Waals surface area contributed by atoms with E-state index in [1.807, 2.05) is 121 Å². The van der Waals surface area contributed by atoms with Crippen LogP contribution in [0, 0.1) is 0 Å². The van der Waals surface area contributed by atoms with Crippen LogP contribution in [0.2, 0.25) is 0 Å². The highest BCUT2D eigenvalue weighted by Gasteiger charge is 2.49. The van der Waals surface area contributed by atoms with Gasteiger partial charge < -0.3 is 43.6 Å². The number of hydrogen-bond donors (Lipinski definition) is 2. The molecule has 5 rings (SSSR count). The predicted molar refractivity (Wildman–Crippen MR) is 205 cm³/mol. The third-order valence-electron chi connectivity index (χ3n) is 8.64. The Morgan fingerprint density at radius 3 is 1.61 bits per heavy atom. The van der Waals surface area contributed by atoms with Gasteiger partial charge in [-0.05, 0) is 43.0 Å². The lowest BCUT2D eigenvalue weighted by Gasteiger charge is -2.46. The molecule has 1 heterocycles. The Balaban J connectivity index is 1.46. The molecule has 2 N–H and O–H groups in total. The number of amides is 1. The largest absolute Gasteiger partial charge is 0.444 e. The van der Waals surface area contributed by atoms with Crippen molar-refractivity contribution < 1.29 is 43.1 Å². The maximum absolute atomic E-state index is 12.8. The number of benzene rings is 4. The fourth-order valence-electron chi connectivity index (χ4n) is 5.93. The Bertz CT molecular complexity index is 1650. The number of carbonyl (C=O) groups is 1. The van der Waals surface area contributed by atoms with Gasteiger partial charge in [0.05, 0.1) is 51.8 Å². The molecule has 10 nitrogen and oxygen atoms in total. The second kappa shape index (κ2) is 20.9. The number of aliphatic hydroxyl groups is 1. The second-order valence-electron chi connectivity index (χ2n) is 14.1. The molecule has 10 heteroatoms. The van der Waals surface area contributed by atoms with E-state index in [-0.39, 0.29) is 26.4 Å². The summed E-state index contributed by atoms with van der Waals surface area (Å²) in [6.07, 6.45) is -4.40. The highest BCUT2D eigenvalue weighted by atomic mass is 16.7. The van der Waals surface area contributed by atoms with Crippen LogP contribution in [-0.4, -0.2) is 72.9 Å². The first-order chi connectivity index (χ1) is 26.2. The number of carbonyl (C=O) groups excluding carboxylic acids is 1. The average Bonchev–Trinajstić information content (AvgIpc) is 3.18. The molecule has 1 saturated heterocycles. The zero-order chi connectivity index (χ0) is 38.2. The van der Waals surface area contributed by atoms with E-state index in [2.05, 4.69) is 11.9 Å². The fraction of sp³-hybridized carbons (Fsp3) is 0.386. The van der Waals surface area contributed by atoms with Crippen molar-refractivity contribution >= 4 is 6.09 Å². The standard InChI is InChI=1S/C44H53NO9/c1-5-37(46)36(45-43(47)54-44(2,3)4)30-52-42-41(51-29-35-24-16-9-17-25-35)40(50-28-34-22-14-8-15-23-34)39(49-27-33-20-12-7-13-21-33)38(53-42)31-48-26-32-18-10-6-11-19-32/h5-25,36-42,46H,1,26-31H2,2-4H3,(H,45,47)/t36-,37+,38?,39-,40-,41?,42+/m0/s1. The van der Waals surface area contributed by atoms with Crippen LogP contribution in [0.3, 0.4) is 0 Å².